The first-order chi connectivity index (χ1) is 13.9. The van der Waals surface area contributed by atoms with Gasteiger partial charge in [-0.25, -0.2) is 4.98 Å². The molecule has 0 bridgehead atoms. The molecular weight excluding hydrogens is 386 g/mol. The fraction of sp³-hybridized carbons (Fsp3) is 0.667. The summed E-state index contributed by atoms with van der Waals surface area (Å²) in [6.07, 6.45) is 3.89. The largest absolute Gasteiger partial charge is 0.378 e. The zero-order chi connectivity index (χ0) is 20.4. The lowest BCUT2D eigenvalue weighted by molar-refractivity contribution is 0.0301. The number of carbonyl (C=O) groups excluding carboxylic acids is 1. The van der Waals surface area contributed by atoms with Crippen LogP contribution in [0.5, 0.6) is 0 Å². The van der Waals surface area contributed by atoms with E-state index in [0.717, 1.165) is 49.4 Å². The molecule has 1 amide bonds. The second-order valence-corrected chi connectivity index (χ2v) is 10.00. The Morgan fingerprint density at radius 2 is 2.10 bits per heavy atom. The molecule has 1 N–H and O–H groups in total. The first-order valence-corrected chi connectivity index (χ1v) is 11.4. The van der Waals surface area contributed by atoms with E-state index in [1.807, 2.05) is 4.90 Å². The standard InChI is InChI=1S/C21H31N5O2S/c1-21(2,3)17-14-29-18(23-17)13-25-6-4-5-15(12-25)19-16(11-22-24-19)20(27)26-7-9-28-10-8-26/h11,14-15H,4-10,12-13H2,1-3H3,(H,22,24). The van der Waals surface area contributed by atoms with Crippen LogP contribution in [0.15, 0.2) is 11.6 Å². The Hall–Kier alpha value is -1.77. The van der Waals surface area contributed by atoms with Crippen molar-refractivity contribution in [2.75, 3.05) is 39.4 Å². The van der Waals surface area contributed by atoms with Gasteiger partial charge in [-0.1, -0.05) is 20.8 Å². The summed E-state index contributed by atoms with van der Waals surface area (Å²) < 4.78 is 5.38. The second kappa shape index (κ2) is 8.53. The first kappa shape index (κ1) is 20.5. The van der Waals surface area contributed by atoms with Crippen molar-refractivity contribution in [3.63, 3.8) is 0 Å². The van der Waals surface area contributed by atoms with Crippen molar-refractivity contribution in [2.24, 2.45) is 0 Å². The average molecular weight is 418 g/mol. The van der Waals surface area contributed by atoms with E-state index >= 15 is 0 Å². The monoisotopic (exact) mass is 417 g/mol. The summed E-state index contributed by atoms with van der Waals surface area (Å²) in [7, 11) is 0. The molecule has 4 rings (SSSR count). The molecule has 2 aromatic heterocycles. The van der Waals surface area contributed by atoms with Gasteiger partial charge < -0.3 is 9.64 Å². The fourth-order valence-corrected chi connectivity index (χ4v) is 5.13. The van der Waals surface area contributed by atoms with Crippen LogP contribution in [0.4, 0.5) is 0 Å². The molecule has 2 fully saturated rings. The number of hydrogen-bond donors (Lipinski definition) is 1. The number of aromatic nitrogens is 3. The number of amides is 1. The third-order valence-corrected chi connectivity index (χ3v) is 6.62. The molecule has 0 aliphatic carbocycles. The number of nitrogens with zero attached hydrogens (tertiary/aromatic N) is 4. The van der Waals surface area contributed by atoms with Gasteiger partial charge in [-0.3, -0.25) is 14.8 Å². The van der Waals surface area contributed by atoms with Crippen LogP contribution < -0.4 is 0 Å². The van der Waals surface area contributed by atoms with Crippen molar-refractivity contribution in [1.82, 2.24) is 25.0 Å². The van der Waals surface area contributed by atoms with Crippen LogP contribution in [0.3, 0.4) is 0 Å². The van der Waals surface area contributed by atoms with Gasteiger partial charge in [0.05, 0.1) is 42.9 Å². The Balaban J connectivity index is 1.43. The number of morpholine rings is 1. The number of likely N-dealkylation sites (tertiary alicyclic amines) is 1. The maximum Gasteiger partial charge on any atom is 0.257 e. The molecule has 0 aromatic carbocycles. The van der Waals surface area contributed by atoms with Crippen molar-refractivity contribution in [2.45, 2.75) is 51.5 Å². The number of nitrogens with one attached hydrogen (secondary N) is 1. The molecule has 8 heteroatoms. The average Bonchev–Trinajstić information content (AvgIpc) is 3.38. The summed E-state index contributed by atoms with van der Waals surface area (Å²) in [6, 6.07) is 0. The van der Waals surface area contributed by atoms with E-state index in [0.29, 0.717) is 32.2 Å². The number of ether oxygens (including phenoxy) is 1. The maximum atomic E-state index is 13.0. The third-order valence-electron chi connectivity index (χ3n) is 5.79. The van der Waals surface area contributed by atoms with Crippen molar-refractivity contribution in [3.8, 4) is 0 Å². The third kappa shape index (κ3) is 4.70. The molecule has 0 radical (unpaired) electrons. The number of carbonyl (C=O) groups is 1. The van der Waals surface area contributed by atoms with Gasteiger partial charge in [-0.15, -0.1) is 11.3 Å². The number of rotatable bonds is 4. The van der Waals surface area contributed by atoms with Crippen LogP contribution in [0.1, 0.15) is 66.3 Å². The number of hydrogen-bond acceptors (Lipinski definition) is 6. The summed E-state index contributed by atoms with van der Waals surface area (Å²) in [6.45, 7) is 12.0. The molecule has 0 saturated carbocycles. The normalized spacial score (nSPS) is 21.5. The molecule has 2 aliphatic rings. The molecule has 0 spiro atoms. The molecular formula is C21H31N5O2S. The van der Waals surface area contributed by atoms with Crippen LogP contribution >= 0.6 is 11.3 Å². The highest BCUT2D eigenvalue weighted by Crippen LogP contribution is 2.30. The van der Waals surface area contributed by atoms with Crippen LogP contribution in [0.2, 0.25) is 0 Å². The summed E-state index contributed by atoms with van der Waals surface area (Å²) in [5.74, 6) is 0.372. The minimum absolute atomic E-state index is 0.0731. The molecule has 1 unspecified atom stereocenters. The predicted molar refractivity (Wildman–Crippen MR) is 113 cm³/mol. The molecule has 2 saturated heterocycles. The van der Waals surface area contributed by atoms with Gasteiger partial charge in [-0.05, 0) is 19.4 Å². The molecule has 1 atom stereocenters. The Morgan fingerprint density at radius 3 is 2.83 bits per heavy atom. The number of H-pyrrole nitrogens is 1. The Morgan fingerprint density at radius 1 is 1.31 bits per heavy atom. The first-order valence-electron chi connectivity index (χ1n) is 10.5. The Kier molecular flexibility index (Phi) is 6.03. The Bertz CT molecular complexity index is 834. The molecule has 7 nitrogen and oxygen atoms in total. The fourth-order valence-electron chi connectivity index (χ4n) is 4.07. The van der Waals surface area contributed by atoms with Crippen LogP contribution in [-0.4, -0.2) is 70.3 Å². The van der Waals surface area contributed by atoms with Gasteiger partial charge in [-0.2, -0.15) is 5.10 Å². The van der Waals surface area contributed by atoms with Gasteiger partial charge in [0, 0.05) is 36.3 Å². The highest BCUT2D eigenvalue weighted by Gasteiger charge is 2.29. The SMILES string of the molecule is CC(C)(C)c1csc(CN2CCCC(c3[nH]ncc3C(=O)N3CCOCC3)C2)n1. The lowest BCUT2D eigenvalue weighted by atomic mass is 9.92. The lowest BCUT2D eigenvalue weighted by Crippen LogP contribution is -2.41. The quantitative estimate of drug-likeness (QED) is 0.828. The van der Waals surface area contributed by atoms with Crippen molar-refractivity contribution in [3.05, 3.63) is 33.5 Å². The number of aromatic amines is 1. The van der Waals surface area contributed by atoms with Crippen LogP contribution in [-0.2, 0) is 16.7 Å². The lowest BCUT2D eigenvalue weighted by Gasteiger charge is -2.32. The van der Waals surface area contributed by atoms with E-state index in [2.05, 4.69) is 41.2 Å². The molecule has 158 valence electrons. The zero-order valence-corrected chi connectivity index (χ0v) is 18.4. The molecule has 4 heterocycles. The van der Waals surface area contributed by atoms with Gasteiger partial charge in [0.2, 0.25) is 0 Å². The van der Waals surface area contributed by atoms with E-state index in [9.17, 15) is 4.79 Å². The topological polar surface area (TPSA) is 74.4 Å². The highest BCUT2D eigenvalue weighted by atomic mass is 32.1. The van der Waals surface area contributed by atoms with E-state index in [4.69, 9.17) is 9.72 Å². The zero-order valence-electron chi connectivity index (χ0n) is 17.6. The number of thiazole rings is 1. The van der Waals surface area contributed by atoms with Gasteiger partial charge in [0.25, 0.3) is 5.91 Å². The van der Waals surface area contributed by atoms with E-state index in [-0.39, 0.29) is 11.3 Å². The summed E-state index contributed by atoms with van der Waals surface area (Å²) in [5, 5.41) is 10.7. The second-order valence-electron chi connectivity index (χ2n) is 9.05. The summed E-state index contributed by atoms with van der Waals surface area (Å²) >= 11 is 1.75. The van der Waals surface area contributed by atoms with Crippen molar-refractivity contribution >= 4 is 17.2 Å². The minimum atomic E-state index is 0.0731. The van der Waals surface area contributed by atoms with Crippen molar-refractivity contribution in [1.29, 1.82) is 0 Å². The van der Waals surface area contributed by atoms with Gasteiger partial charge in [0.1, 0.15) is 5.01 Å². The smallest absolute Gasteiger partial charge is 0.257 e. The summed E-state index contributed by atoms with van der Waals surface area (Å²) in [5.41, 5.74) is 2.96. The molecule has 2 aliphatic heterocycles. The van der Waals surface area contributed by atoms with Gasteiger partial charge in [0.15, 0.2) is 0 Å². The van der Waals surface area contributed by atoms with Crippen LogP contribution in [0, 0.1) is 0 Å². The minimum Gasteiger partial charge on any atom is -0.378 e. The number of piperidine rings is 1. The predicted octanol–water partition coefficient (Wildman–Crippen LogP) is 3.02. The maximum absolute atomic E-state index is 13.0. The molecule has 2 aromatic rings. The van der Waals surface area contributed by atoms with Crippen LogP contribution in [0.25, 0.3) is 0 Å². The summed E-state index contributed by atoms with van der Waals surface area (Å²) in [4.78, 5) is 22.2. The Labute approximate surface area is 176 Å². The van der Waals surface area contributed by atoms with E-state index < -0.39 is 0 Å². The van der Waals surface area contributed by atoms with Gasteiger partial charge >= 0.3 is 0 Å². The highest BCUT2D eigenvalue weighted by molar-refractivity contribution is 7.09. The molecule has 29 heavy (non-hydrogen) atoms. The van der Waals surface area contributed by atoms with Crippen molar-refractivity contribution < 1.29 is 9.53 Å². The van der Waals surface area contributed by atoms with E-state index in [1.54, 1.807) is 17.5 Å². The van der Waals surface area contributed by atoms with E-state index in [1.165, 1.54) is 5.01 Å².